The highest BCUT2D eigenvalue weighted by atomic mass is 16.5. The lowest BCUT2D eigenvalue weighted by Crippen LogP contribution is -2.05. The number of ketones is 1. The van der Waals surface area contributed by atoms with Gasteiger partial charge in [-0.3, -0.25) is 4.79 Å². The molecule has 0 radical (unpaired) electrons. The van der Waals surface area contributed by atoms with E-state index in [0.717, 1.165) is 17.5 Å². The molecule has 0 aromatic heterocycles. The third-order valence-corrected chi connectivity index (χ3v) is 3.26. The van der Waals surface area contributed by atoms with E-state index < -0.39 is 0 Å². The summed E-state index contributed by atoms with van der Waals surface area (Å²) in [6.45, 7) is 2.04. The van der Waals surface area contributed by atoms with Gasteiger partial charge in [0.15, 0.2) is 5.78 Å². The van der Waals surface area contributed by atoms with Crippen molar-refractivity contribution in [2.24, 2.45) is 0 Å². The number of methoxy groups -OCH3 is 2. The van der Waals surface area contributed by atoms with E-state index in [2.05, 4.69) is 0 Å². The molecule has 0 aliphatic carbocycles. The van der Waals surface area contributed by atoms with Crippen molar-refractivity contribution in [3.8, 4) is 11.5 Å². The van der Waals surface area contributed by atoms with Gasteiger partial charge >= 0.3 is 0 Å². The van der Waals surface area contributed by atoms with Gasteiger partial charge in [0, 0.05) is 17.2 Å². The summed E-state index contributed by atoms with van der Waals surface area (Å²) in [7, 11) is 3.14. The van der Waals surface area contributed by atoms with Crippen molar-refractivity contribution in [1.29, 1.82) is 0 Å². The minimum absolute atomic E-state index is 0.0142. The Kier molecular flexibility index (Phi) is 4.41. The highest BCUT2D eigenvalue weighted by Gasteiger charge is 2.14. The first kappa shape index (κ1) is 14.1. The minimum Gasteiger partial charge on any atom is -0.497 e. The summed E-state index contributed by atoms with van der Waals surface area (Å²) in [6, 6.07) is 12.9. The van der Waals surface area contributed by atoms with Crippen LogP contribution in [0.1, 0.15) is 28.4 Å². The van der Waals surface area contributed by atoms with Gasteiger partial charge in [-0.1, -0.05) is 31.2 Å². The average Bonchev–Trinajstić information content (AvgIpc) is 2.53. The Morgan fingerprint density at radius 1 is 1.00 bits per heavy atom. The number of rotatable bonds is 5. The van der Waals surface area contributed by atoms with E-state index in [1.165, 1.54) is 0 Å². The highest BCUT2D eigenvalue weighted by molar-refractivity contribution is 6.10. The van der Waals surface area contributed by atoms with E-state index in [9.17, 15) is 4.79 Å². The maximum atomic E-state index is 12.7. The first-order valence-electron chi connectivity index (χ1n) is 6.55. The van der Waals surface area contributed by atoms with Crippen LogP contribution in [0.2, 0.25) is 0 Å². The highest BCUT2D eigenvalue weighted by Crippen LogP contribution is 2.25. The lowest BCUT2D eigenvalue weighted by atomic mass is 9.97. The van der Waals surface area contributed by atoms with Crippen LogP contribution in [-0.2, 0) is 6.42 Å². The average molecular weight is 270 g/mol. The molecule has 0 saturated carbocycles. The van der Waals surface area contributed by atoms with Crippen molar-refractivity contribution in [3.63, 3.8) is 0 Å². The van der Waals surface area contributed by atoms with Crippen LogP contribution in [0.3, 0.4) is 0 Å². The van der Waals surface area contributed by atoms with Crippen molar-refractivity contribution in [1.82, 2.24) is 0 Å². The maximum absolute atomic E-state index is 12.7. The fourth-order valence-corrected chi connectivity index (χ4v) is 2.14. The molecule has 2 aromatic rings. The molecule has 0 atom stereocenters. The number of carbonyl (C=O) groups excluding carboxylic acids is 1. The fourth-order valence-electron chi connectivity index (χ4n) is 2.14. The fraction of sp³-hybridized carbons (Fsp3) is 0.235. The number of hydrogen-bond acceptors (Lipinski definition) is 3. The quantitative estimate of drug-likeness (QED) is 0.780. The largest absolute Gasteiger partial charge is 0.497 e. The molecule has 0 N–H and O–H groups in total. The van der Waals surface area contributed by atoms with Crippen LogP contribution in [0, 0.1) is 0 Å². The number of aryl methyl sites for hydroxylation is 1. The Morgan fingerprint density at radius 2 is 1.60 bits per heavy atom. The molecule has 0 aliphatic heterocycles. The van der Waals surface area contributed by atoms with Crippen LogP contribution < -0.4 is 9.47 Å². The molecule has 0 spiro atoms. The van der Waals surface area contributed by atoms with Crippen molar-refractivity contribution < 1.29 is 14.3 Å². The minimum atomic E-state index is -0.0142. The smallest absolute Gasteiger partial charge is 0.193 e. The molecule has 3 heteroatoms. The summed E-state index contributed by atoms with van der Waals surface area (Å²) in [4.78, 5) is 12.7. The summed E-state index contributed by atoms with van der Waals surface area (Å²) in [5.74, 6) is 1.21. The molecule has 0 bridgehead atoms. The molecule has 2 rings (SSSR count). The molecule has 2 aromatic carbocycles. The van der Waals surface area contributed by atoms with E-state index in [1.807, 2.05) is 31.2 Å². The molecule has 0 fully saturated rings. The molecule has 3 nitrogen and oxygen atoms in total. The number of hydrogen-bond donors (Lipinski definition) is 0. The second-order valence-electron chi connectivity index (χ2n) is 4.44. The van der Waals surface area contributed by atoms with Gasteiger partial charge in [-0.2, -0.15) is 0 Å². The Hall–Kier alpha value is -2.29. The zero-order chi connectivity index (χ0) is 14.5. The number of carbonyl (C=O) groups is 1. The van der Waals surface area contributed by atoms with Gasteiger partial charge in [0.2, 0.25) is 0 Å². The first-order valence-corrected chi connectivity index (χ1v) is 6.55. The molecule has 0 saturated heterocycles. The summed E-state index contributed by atoms with van der Waals surface area (Å²) in [5.41, 5.74) is 2.34. The zero-order valence-electron chi connectivity index (χ0n) is 12.0. The lowest BCUT2D eigenvalue weighted by Gasteiger charge is -2.10. The summed E-state index contributed by atoms with van der Waals surface area (Å²) in [5, 5.41) is 0. The third kappa shape index (κ3) is 2.82. The molecule has 20 heavy (non-hydrogen) atoms. The first-order chi connectivity index (χ1) is 9.69. The van der Waals surface area contributed by atoms with E-state index in [0.29, 0.717) is 17.1 Å². The molecule has 0 unspecified atom stereocenters. The van der Waals surface area contributed by atoms with E-state index >= 15 is 0 Å². The number of ether oxygens (including phenoxy) is 2. The Bertz CT molecular complexity index is 595. The van der Waals surface area contributed by atoms with Gasteiger partial charge in [-0.25, -0.2) is 0 Å². The normalized spacial score (nSPS) is 10.2. The van der Waals surface area contributed by atoms with Gasteiger partial charge in [-0.15, -0.1) is 0 Å². The van der Waals surface area contributed by atoms with Crippen molar-refractivity contribution in [2.45, 2.75) is 13.3 Å². The van der Waals surface area contributed by atoms with Gasteiger partial charge < -0.3 is 9.47 Å². The van der Waals surface area contributed by atoms with Crippen LogP contribution in [0.25, 0.3) is 0 Å². The summed E-state index contributed by atoms with van der Waals surface area (Å²) >= 11 is 0. The third-order valence-electron chi connectivity index (χ3n) is 3.26. The van der Waals surface area contributed by atoms with Crippen molar-refractivity contribution in [2.75, 3.05) is 14.2 Å². The maximum Gasteiger partial charge on any atom is 0.193 e. The predicted molar refractivity (Wildman–Crippen MR) is 78.8 cm³/mol. The van der Waals surface area contributed by atoms with Crippen LogP contribution in [-0.4, -0.2) is 20.0 Å². The van der Waals surface area contributed by atoms with Gasteiger partial charge in [0.1, 0.15) is 11.5 Å². The monoisotopic (exact) mass is 270 g/mol. The van der Waals surface area contributed by atoms with E-state index in [1.54, 1.807) is 32.4 Å². The zero-order valence-corrected chi connectivity index (χ0v) is 12.0. The predicted octanol–water partition coefficient (Wildman–Crippen LogP) is 3.50. The van der Waals surface area contributed by atoms with Crippen LogP contribution in [0.5, 0.6) is 11.5 Å². The van der Waals surface area contributed by atoms with Gasteiger partial charge in [0.25, 0.3) is 0 Å². The SMILES string of the molecule is CCc1ccccc1C(=O)c1cc(OC)cc(OC)c1. The standard InChI is InChI=1S/C17H18O3/c1-4-12-7-5-6-8-16(12)17(18)13-9-14(19-2)11-15(10-13)20-3/h5-11H,4H2,1-3H3. The second kappa shape index (κ2) is 6.24. The lowest BCUT2D eigenvalue weighted by molar-refractivity contribution is 0.103. The van der Waals surface area contributed by atoms with E-state index in [4.69, 9.17) is 9.47 Å². The van der Waals surface area contributed by atoms with Crippen molar-refractivity contribution >= 4 is 5.78 Å². The Balaban J connectivity index is 2.47. The molecule has 0 aliphatic rings. The van der Waals surface area contributed by atoms with E-state index in [-0.39, 0.29) is 5.78 Å². The van der Waals surface area contributed by atoms with Gasteiger partial charge in [-0.05, 0) is 24.1 Å². The topological polar surface area (TPSA) is 35.5 Å². The Morgan fingerprint density at radius 3 is 2.15 bits per heavy atom. The molecular weight excluding hydrogens is 252 g/mol. The Labute approximate surface area is 119 Å². The van der Waals surface area contributed by atoms with Crippen LogP contribution >= 0.6 is 0 Å². The van der Waals surface area contributed by atoms with Crippen LogP contribution in [0.4, 0.5) is 0 Å². The molecule has 0 amide bonds. The van der Waals surface area contributed by atoms with Gasteiger partial charge in [0.05, 0.1) is 14.2 Å². The number of benzene rings is 2. The molecule has 104 valence electrons. The molecular formula is C17H18O3. The summed E-state index contributed by atoms with van der Waals surface area (Å²) in [6.07, 6.45) is 0.822. The van der Waals surface area contributed by atoms with Crippen LogP contribution in [0.15, 0.2) is 42.5 Å². The van der Waals surface area contributed by atoms with Crippen molar-refractivity contribution in [3.05, 3.63) is 59.2 Å². The summed E-state index contributed by atoms with van der Waals surface area (Å²) < 4.78 is 10.4. The second-order valence-corrected chi connectivity index (χ2v) is 4.44. The molecule has 0 heterocycles.